The van der Waals surface area contributed by atoms with Crippen molar-refractivity contribution in [1.29, 1.82) is 0 Å². The number of nitro groups is 1. The predicted molar refractivity (Wildman–Crippen MR) is 89.4 cm³/mol. The predicted octanol–water partition coefficient (Wildman–Crippen LogP) is 2.15. The molecule has 7 nitrogen and oxygen atoms in total. The van der Waals surface area contributed by atoms with E-state index >= 15 is 0 Å². The van der Waals surface area contributed by atoms with E-state index in [4.69, 9.17) is 9.47 Å². The van der Waals surface area contributed by atoms with Crippen LogP contribution in [0.5, 0.6) is 5.75 Å². The molecule has 23 heavy (non-hydrogen) atoms. The van der Waals surface area contributed by atoms with Gasteiger partial charge in [-0.2, -0.15) is 0 Å². The smallest absolute Gasteiger partial charge is 0.311 e. The van der Waals surface area contributed by atoms with Gasteiger partial charge in [0.05, 0.1) is 24.7 Å². The van der Waals surface area contributed by atoms with Crippen LogP contribution in [-0.2, 0) is 4.74 Å². The Bertz CT molecular complexity index is 532. The first-order valence-electron chi connectivity index (χ1n) is 7.97. The van der Waals surface area contributed by atoms with Crippen molar-refractivity contribution in [2.24, 2.45) is 0 Å². The third-order valence-electron chi connectivity index (χ3n) is 4.13. The third kappa shape index (κ3) is 4.56. The largest absolute Gasteiger partial charge is 0.487 e. The fraction of sp³-hybridized carbons (Fsp3) is 0.625. The van der Waals surface area contributed by atoms with Gasteiger partial charge in [-0.05, 0) is 19.9 Å². The van der Waals surface area contributed by atoms with E-state index in [9.17, 15) is 10.1 Å². The average molecular weight is 323 g/mol. The van der Waals surface area contributed by atoms with E-state index in [-0.39, 0.29) is 11.7 Å². The molecule has 0 saturated carbocycles. The van der Waals surface area contributed by atoms with E-state index in [1.165, 1.54) is 6.07 Å². The standard InChI is InChI=1S/C16H25N3O4/c1-4-23-16-11-14(5-6-15(16)19(20)21)17(3)13(2)12-18-7-9-22-10-8-18/h5-6,11,13H,4,7-10,12H2,1-3H3. The van der Waals surface area contributed by atoms with Crippen molar-refractivity contribution in [1.82, 2.24) is 4.90 Å². The van der Waals surface area contributed by atoms with Crippen LogP contribution in [0, 0.1) is 10.1 Å². The van der Waals surface area contributed by atoms with Gasteiger partial charge in [-0.15, -0.1) is 0 Å². The van der Waals surface area contributed by atoms with E-state index < -0.39 is 4.92 Å². The zero-order valence-electron chi connectivity index (χ0n) is 14.0. The van der Waals surface area contributed by atoms with E-state index in [1.807, 2.05) is 14.0 Å². The summed E-state index contributed by atoms with van der Waals surface area (Å²) in [6.07, 6.45) is 0. The number of likely N-dealkylation sites (N-methyl/N-ethyl adjacent to an activating group) is 1. The van der Waals surface area contributed by atoms with Gasteiger partial charge in [0.15, 0.2) is 5.75 Å². The molecule has 0 aromatic heterocycles. The molecular formula is C16H25N3O4. The maximum Gasteiger partial charge on any atom is 0.311 e. The minimum Gasteiger partial charge on any atom is -0.487 e. The second kappa shape index (κ2) is 8.12. The lowest BCUT2D eigenvalue weighted by Crippen LogP contribution is -2.45. The van der Waals surface area contributed by atoms with Crippen LogP contribution in [0.15, 0.2) is 18.2 Å². The van der Waals surface area contributed by atoms with Crippen LogP contribution in [0.1, 0.15) is 13.8 Å². The molecule has 1 fully saturated rings. The van der Waals surface area contributed by atoms with E-state index in [0.29, 0.717) is 12.4 Å². The fourth-order valence-corrected chi connectivity index (χ4v) is 2.68. The van der Waals surface area contributed by atoms with Crippen LogP contribution in [0.2, 0.25) is 0 Å². The molecule has 0 amide bonds. The fourth-order valence-electron chi connectivity index (χ4n) is 2.68. The molecular weight excluding hydrogens is 298 g/mol. The molecule has 1 aromatic carbocycles. The highest BCUT2D eigenvalue weighted by atomic mass is 16.6. The first-order chi connectivity index (χ1) is 11.0. The second-order valence-corrected chi connectivity index (χ2v) is 5.72. The molecule has 1 atom stereocenters. The van der Waals surface area contributed by atoms with Crippen molar-refractivity contribution in [2.75, 3.05) is 51.4 Å². The van der Waals surface area contributed by atoms with Gasteiger partial charge in [0, 0.05) is 50.5 Å². The number of hydrogen-bond donors (Lipinski definition) is 0. The maximum atomic E-state index is 11.1. The first kappa shape index (κ1) is 17.5. The molecule has 1 aliphatic heterocycles. The molecule has 2 rings (SSSR count). The van der Waals surface area contributed by atoms with Crippen molar-refractivity contribution >= 4 is 11.4 Å². The maximum absolute atomic E-state index is 11.1. The molecule has 0 radical (unpaired) electrons. The van der Waals surface area contributed by atoms with Gasteiger partial charge in [-0.1, -0.05) is 0 Å². The van der Waals surface area contributed by atoms with Gasteiger partial charge in [0.25, 0.3) is 0 Å². The molecule has 1 heterocycles. The Hall–Kier alpha value is -1.86. The lowest BCUT2D eigenvalue weighted by atomic mass is 10.2. The molecule has 7 heteroatoms. The second-order valence-electron chi connectivity index (χ2n) is 5.72. The summed E-state index contributed by atoms with van der Waals surface area (Å²) in [6, 6.07) is 5.32. The molecule has 0 N–H and O–H groups in total. The topological polar surface area (TPSA) is 68.1 Å². The van der Waals surface area contributed by atoms with Crippen molar-refractivity contribution in [3.8, 4) is 5.75 Å². The van der Waals surface area contributed by atoms with Crippen molar-refractivity contribution in [3.63, 3.8) is 0 Å². The summed E-state index contributed by atoms with van der Waals surface area (Å²) in [5.74, 6) is 0.320. The Morgan fingerprint density at radius 1 is 1.43 bits per heavy atom. The summed E-state index contributed by atoms with van der Waals surface area (Å²) in [6.45, 7) is 8.76. The Morgan fingerprint density at radius 3 is 2.74 bits per heavy atom. The summed E-state index contributed by atoms with van der Waals surface area (Å²) in [7, 11) is 2.00. The van der Waals surface area contributed by atoms with Crippen LogP contribution in [0.4, 0.5) is 11.4 Å². The highest BCUT2D eigenvalue weighted by molar-refractivity contribution is 5.59. The Kier molecular flexibility index (Phi) is 6.18. The summed E-state index contributed by atoms with van der Waals surface area (Å²) < 4.78 is 10.8. The van der Waals surface area contributed by atoms with Crippen molar-refractivity contribution in [2.45, 2.75) is 19.9 Å². The van der Waals surface area contributed by atoms with E-state index in [1.54, 1.807) is 12.1 Å². The molecule has 128 valence electrons. The average Bonchev–Trinajstić information content (AvgIpc) is 2.55. The molecule has 1 unspecified atom stereocenters. The molecule has 0 aliphatic carbocycles. The molecule has 0 spiro atoms. The van der Waals surface area contributed by atoms with Crippen LogP contribution in [0.3, 0.4) is 0 Å². The zero-order chi connectivity index (χ0) is 16.8. The highest BCUT2D eigenvalue weighted by Crippen LogP contribution is 2.32. The number of ether oxygens (including phenoxy) is 2. The van der Waals surface area contributed by atoms with Crippen LogP contribution >= 0.6 is 0 Å². The minimum absolute atomic E-state index is 0.00447. The quantitative estimate of drug-likeness (QED) is 0.566. The summed E-state index contributed by atoms with van der Waals surface area (Å²) >= 11 is 0. The number of anilines is 1. The van der Waals surface area contributed by atoms with Gasteiger partial charge in [0.1, 0.15) is 0 Å². The van der Waals surface area contributed by atoms with Crippen LogP contribution in [0.25, 0.3) is 0 Å². The van der Waals surface area contributed by atoms with Gasteiger partial charge < -0.3 is 14.4 Å². The number of hydrogen-bond acceptors (Lipinski definition) is 6. The molecule has 1 saturated heterocycles. The number of benzene rings is 1. The van der Waals surface area contributed by atoms with Crippen molar-refractivity contribution < 1.29 is 14.4 Å². The van der Waals surface area contributed by atoms with Gasteiger partial charge in [-0.3, -0.25) is 15.0 Å². The Labute approximate surface area is 136 Å². The lowest BCUT2D eigenvalue weighted by molar-refractivity contribution is -0.385. The van der Waals surface area contributed by atoms with Crippen LogP contribution in [-0.4, -0.2) is 62.4 Å². The number of morpholine rings is 1. The molecule has 1 aromatic rings. The zero-order valence-corrected chi connectivity index (χ0v) is 14.0. The summed E-state index contributed by atoms with van der Waals surface area (Å²) in [5, 5.41) is 11.1. The first-order valence-corrected chi connectivity index (χ1v) is 7.97. The number of nitro benzene ring substituents is 1. The monoisotopic (exact) mass is 323 g/mol. The molecule has 0 bridgehead atoms. The Balaban J connectivity index is 2.09. The minimum atomic E-state index is -0.411. The number of rotatable bonds is 7. The van der Waals surface area contributed by atoms with E-state index in [2.05, 4.69) is 16.7 Å². The lowest BCUT2D eigenvalue weighted by Gasteiger charge is -2.34. The Morgan fingerprint density at radius 2 is 2.13 bits per heavy atom. The third-order valence-corrected chi connectivity index (χ3v) is 4.13. The summed E-state index contributed by atoms with van der Waals surface area (Å²) in [5.41, 5.74) is 0.921. The van der Waals surface area contributed by atoms with Crippen molar-refractivity contribution in [3.05, 3.63) is 28.3 Å². The van der Waals surface area contributed by atoms with Gasteiger partial charge in [-0.25, -0.2) is 0 Å². The van der Waals surface area contributed by atoms with Gasteiger partial charge >= 0.3 is 5.69 Å². The SMILES string of the molecule is CCOc1cc(N(C)C(C)CN2CCOCC2)ccc1[N+](=O)[O-]. The van der Waals surface area contributed by atoms with Gasteiger partial charge in [0.2, 0.25) is 0 Å². The van der Waals surface area contributed by atoms with Crippen LogP contribution < -0.4 is 9.64 Å². The number of nitrogens with zero attached hydrogens (tertiary/aromatic N) is 3. The highest BCUT2D eigenvalue weighted by Gasteiger charge is 2.20. The van der Waals surface area contributed by atoms with E-state index in [0.717, 1.165) is 38.5 Å². The molecule has 1 aliphatic rings. The summed E-state index contributed by atoms with van der Waals surface area (Å²) in [4.78, 5) is 15.2. The normalized spacial score (nSPS) is 16.8.